The van der Waals surface area contributed by atoms with Crippen LogP contribution in [0.3, 0.4) is 0 Å². The van der Waals surface area contributed by atoms with Crippen LogP contribution in [0.2, 0.25) is 0 Å². The standard InChI is InChI=1S/C35H31N3O6S/c1-2-28(32(39)34-37-29-15-9-10-16-31(29)44-34)36-33(40)30-21-27(45(42,43)26-13-7-4-8-14-26)22-38(30)35(41)25-19-17-24(18-20-25)23-11-5-3-6-12-23/h3-20,27-28,30H,2,21-22H2,1H3,(H,36,40)/t27-,28?,30+/m1/s1. The van der Waals surface area contributed by atoms with Gasteiger partial charge in [-0.2, -0.15) is 0 Å². The first kappa shape index (κ1) is 30.0. The average molecular weight is 622 g/mol. The fourth-order valence-electron chi connectivity index (χ4n) is 5.65. The molecule has 3 atom stereocenters. The molecule has 1 aliphatic rings. The lowest BCUT2D eigenvalue weighted by Gasteiger charge is -2.25. The van der Waals surface area contributed by atoms with Gasteiger partial charge in [-0.25, -0.2) is 13.4 Å². The van der Waals surface area contributed by atoms with E-state index in [1.165, 1.54) is 17.0 Å². The predicted octanol–water partition coefficient (Wildman–Crippen LogP) is 5.33. The number of rotatable bonds is 9. The second-order valence-electron chi connectivity index (χ2n) is 11.0. The number of benzene rings is 4. The normalized spacial score (nSPS) is 17.2. The van der Waals surface area contributed by atoms with Crippen LogP contribution in [0.5, 0.6) is 0 Å². The van der Waals surface area contributed by atoms with E-state index >= 15 is 0 Å². The summed E-state index contributed by atoms with van der Waals surface area (Å²) in [5.41, 5.74) is 3.18. The molecule has 1 aliphatic heterocycles. The van der Waals surface area contributed by atoms with Crippen LogP contribution in [0.1, 0.15) is 40.8 Å². The van der Waals surface area contributed by atoms with Gasteiger partial charge in [0.05, 0.1) is 16.2 Å². The van der Waals surface area contributed by atoms with Crippen molar-refractivity contribution < 1.29 is 27.2 Å². The number of Topliss-reactive ketones (excluding diaryl/α,β-unsaturated/α-hetero) is 1. The number of sulfone groups is 1. The van der Waals surface area contributed by atoms with Gasteiger partial charge in [0.25, 0.3) is 11.8 Å². The third-order valence-electron chi connectivity index (χ3n) is 8.12. The minimum Gasteiger partial charge on any atom is -0.434 e. The summed E-state index contributed by atoms with van der Waals surface area (Å²) in [4.78, 5) is 46.7. The van der Waals surface area contributed by atoms with E-state index in [-0.39, 0.29) is 30.2 Å². The number of oxazole rings is 1. The Balaban J connectivity index is 1.27. The smallest absolute Gasteiger partial charge is 0.266 e. The van der Waals surface area contributed by atoms with Crippen molar-refractivity contribution in [2.75, 3.05) is 6.54 Å². The van der Waals surface area contributed by atoms with E-state index in [2.05, 4.69) is 10.3 Å². The molecule has 0 radical (unpaired) electrons. The van der Waals surface area contributed by atoms with Gasteiger partial charge in [0.2, 0.25) is 11.7 Å². The lowest BCUT2D eigenvalue weighted by Crippen LogP contribution is -2.50. The van der Waals surface area contributed by atoms with E-state index in [1.807, 2.05) is 42.5 Å². The number of carbonyl (C=O) groups excluding carboxylic acids is 3. The molecule has 1 N–H and O–H groups in total. The number of nitrogens with one attached hydrogen (secondary N) is 1. The molecular formula is C35H31N3O6S. The number of ketones is 1. The maximum Gasteiger partial charge on any atom is 0.266 e. The van der Waals surface area contributed by atoms with Crippen molar-refractivity contribution in [2.24, 2.45) is 0 Å². The maximum atomic E-state index is 13.9. The summed E-state index contributed by atoms with van der Waals surface area (Å²) in [6.07, 6.45) is 0.112. The monoisotopic (exact) mass is 621 g/mol. The molecule has 2 amide bonds. The molecule has 228 valence electrons. The zero-order chi connectivity index (χ0) is 31.6. The van der Waals surface area contributed by atoms with E-state index in [0.29, 0.717) is 16.7 Å². The van der Waals surface area contributed by atoms with Gasteiger partial charge in [-0.05, 0) is 60.4 Å². The van der Waals surface area contributed by atoms with Crippen molar-refractivity contribution >= 4 is 38.5 Å². The van der Waals surface area contributed by atoms with Crippen molar-refractivity contribution in [3.05, 3.63) is 121 Å². The number of hydrogen-bond acceptors (Lipinski definition) is 7. The Bertz CT molecular complexity index is 1920. The Morgan fingerprint density at radius 1 is 0.867 bits per heavy atom. The van der Waals surface area contributed by atoms with Gasteiger partial charge in [0.1, 0.15) is 11.6 Å². The molecule has 1 saturated heterocycles. The highest BCUT2D eigenvalue weighted by molar-refractivity contribution is 7.92. The van der Waals surface area contributed by atoms with Crippen molar-refractivity contribution in [1.82, 2.24) is 15.2 Å². The number of nitrogens with zero attached hydrogens (tertiary/aromatic N) is 2. The van der Waals surface area contributed by atoms with Crippen molar-refractivity contribution in [2.45, 2.75) is 42.0 Å². The minimum absolute atomic E-state index is 0.119. The molecular weight excluding hydrogens is 590 g/mol. The Hall–Kier alpha value is -5.09. The Kier molecular flexibility index (Phi) is 8.32. The van der Waals surface area contributed by atoms with Gasteiger partial charge in [0, 0.05) is 12.1 Å². The molecule has 45 heavy (non-hydrogen) atoms. The molecule has 1 unspecified atom stereocenters. The maximum absolute atomic E-state index is 13.9. The number of para-hydroxylation sites is 2. The molecule has 0 spiro atoms. The summed E-state index contributed by atoms with van der Waals surface area (Å²) in [7, 11) is -3.87. The number of amides is 2. The highest BCUT2D eigenvalue weighted by Gasteiger charge is 2.46. The van der Waals surface area contributed by atoms with Gasteiger partial charge < -0.3 is 14.6 Å². The van der Waals surface area contributed by atoms with E-state index < -0.39 is 44.8 Å². The molecule has 0 bridgehead atoms. The summed E-state index contributed by atoms with van der Waals surface area (Å²) in [5, 5.41) is 1.74. The third kappa shape index (κ3) is 6.01. The fraction of sp³-hybridized carbons (Fsp3) is 0.200. The molecule has 9 nitrogen and oxygen atoms in total. The van der Waals surface area contributed by atoms with Gasteiger partial charge in [-0.1, -0.05) is 79.7 Å². The van der Waals surface area contributed by atoms with Gasteiger partial charge in [-0.3, -0.25) is 14.4 Å². The van der Waals surface area contributed by atoms with Crippen LogP contribution in [-0.2, 0) is 14.6 Å². The molecule has 1 aromatic heterocycles. The van der Waals surface area contributed by atoms with Crippen LogP contribution in [0.15, 0.2) is 119 Å². The first-order chi connectivity index (χ1) is 21.8. The van der Waals surface area contributed by atoms with E-state index in [4.69, 9.17) is 4.42 Å². The summed E-state index contributed by atoms with van der Waals surface area (Å²) >= 11 is 0. The number of aromatic nitrogens is 1. The highest BCUT2D eigenvalue weighted by Crippen LogP contribution is 2.30. The second kappa shape index (κ2) is 12.5. The molecule has 5 aromatic rings. The molecule has 4 aromatic carbocycles. The van der Waals surface area contributed by atoms with Gasteiger partial charge in [-0.15, -0.1) is 0 Å². The Labute approximate surface area is 260 Å². The lowest BCUT2D eigenvalue weighted by molar-refractivity contribution is -0.125. The summed E-state index contributed by atoms with van der Waals surface area (Å²) in [6, 6.07) is 29.5. The Morgan fingerprint density at radius 3 is 2.16 bits per heavy atom. The van der Waals surface area contributed by atoms with Crippen LogP contribution in [0.25, 0.3) is 22.2 Å². The first-order valence-electron chi connectivity index (χ1n) is 14.7. The Morgan fingerprint density at radius 2 is 1.49 bits per heavy atom. The molecule has 2 heterocycles. The van der Waals surface area contributed by atoms with E-state index in [9.17, 15) is 22.8 Å². The van der Waals surface area contributed by atoms with Crippen LogP contribution < -0.4 is 5.32 Å². The topological polar surface area (TPSA) is 127 Å². The zero-order valence-electron chi connectivity index (χ0n) is 24.5. The molecule has 0 aliphatic carbocycles. The van der Waals surface area contributed by atoms with Crippen molar-refractivity contribution in [3.8, 4) is 11.1 Å². The van der Waals surface area contributed by atoms with Crippen LogP contribution in [-0.4, -0.2) is 59.8 Å². The lowest BCUT2D eigenvalue weighted by atomic mass is 10.0. The minimum atomic E-state index is -3.87. The second-order valence-corrected chi connectivity index (χ2v) is 13.2. The number of hydrogen-bond donors (Lipinski definition) is 1. The van der Waals surface area contributed by atoms with Crippen molar-refractivity contribution in [1.29, 1.82) is 0 Å². The zero-order valence-corrected chi connectivity index (χ0v) is 25.3. The quantitative estimate of drug-likeness (QED) is 0.221. The predicted molar refractivity (Wildman–Crippen MR) is 169 cm³/mol. The molecule has 10 heteroatoms. The van der Waals surface area contributed by atoms with Crippen molar-refractivity contribution in [3.63, 3.8) is 0 Å². The summed E-state index contributed by atoms with van der Waals surface area (Å²) in [6.45, 7) is 1.56. The van der Waals surface area contributed by atoms with Gasteiger partial charge in [0.15, 0.2) is 15.4 Å². The SMILES string of the molecule is CCC(NC(=O)[C@@H]1C[C@@H](S(=O)(=O)c2ccccc2)CN1C(=O)c1ccc(-c2ccccc2)cc1)C(=O)c1nc2ccccc2o1. The average Bonchev–Trinajstić information content (AvgIpc) is 3.73. The summed E-state index contributed by atoms with van der Waals surface area (Å²) < 4.78 is 32.9. The molecule has 1 fully saturated rings. The third-order valence-corrected chi connectivity index (χ3v) is 10.3. The van der Waals surface area contributed by atoms with Gasteiger partial charge >= 0.3 is 0 Å². The largest absolute Gasteiger partial charge is 0.434 e. The molecule has 0 saturated carbocycles. The van der Waals surface area contributed by atoms with E-state index in [1.54, 1.807) is 61.5 Å². The molecule has 6 rings (SSSR count). The fourth-order valence-corrected chi connectivity index (χ4v) is 7.36. The van der Waals surface area contributed by atoms with Crippen LogP contribution in [0.4, 0.5) is 0 Å². The number of likely N-dealkylation sites (tertiary alicyclic amines) is 1. The van der Waals surface area contributed by atoms with Crippen LogP contribution in [0, 0.1) is 0 Å². The van der Waals surface area contributed by atoms with E-state index in [0.717, 1.165) is 11.1 Å². The first-order valence-corrected chi connectivity index (χ1v) is 16.3. The number of carbonyl (C=O) groups is 3. The summed E-state index contributed by atoms with van der Waals surface area (Å²) in [5.74, 6) is -1.74. The number of fused-ring (bicyclic) bond motifs is 1. The van der Waals surface area contributed by atoms with Crippen LogP contribution >= 0.6 is 0 Å². The highest BCUT2D eigenvalue weighted by atomic mass is 32.2.